The normalized spacial score (nSPS) is 12.5. The van der Waals surface area contributed by atoms with E-state index in [-0.39, 0.29) is 5.41 Å². The highest BCUT2D eigenvalue weighted by Crippen LogP contribution is 2.33. The zero-order valence-corrected chi connectivity index (χ0v) is 18.7. The van der Waals surface area contributed by atoms with E-state index in [2.05, 4.69) is 33.8 Å². The molecule has 0 bridgehead atoms. The van der Waals surface area contributed by atoms with Gasteiger partial charge in [-0.15, -0.1) is 0 Å². The molecule has 0 aliphatic rings. The fourth-order valence-electron chi connectivity index (χ4n) is 3.47. The van der Waals surface area contributed by atoms with Crippen LogP contribution in [-0.2, 0) is 20.9 Å². The highest BCUT2D eigenvalue weighted by molar-refractivity contribution is 8.13. The maximum absolute atomic E-state index is 12.1. The quantitative estimate of drug-likeness (QED) is 0.255. The van der Waals surface area contributed by atoms with Gasteiger partial charge in [-0.25, -0.2) is 8.42 Å². The van der Waals surface area contributed by atoms with Crippen molar-refractivity contribution in [2.24, 2.45) is 0 Å². The van der Waals surface area contributed by atoms with Crippen LogP contribution >= 0.6 is 10.7 Å². The first-order valence-corrected chi connectivity index (χ1v) is 12.6. The number of benzene rings is 1. The second-order valence-electron chi connectivity index (χ2n) is 8.12. The van der Waals surface area contributed by atoms with E-state index in [9.17, 15) is 8.42 Å². The van der Waals surface area contributed by atoms with Crippen LogP contribution in [0.25, 0.3) is 0 Å². The van der Waals surface area contributed by atoms with Crippen LogP contribution in [0.4, 0.5) is 0 Å². The minimum absolute atomic E-state index is 0.0375. The first-order valence-electron chi connectivity index (χ1n) is 10.3. The van der Waals surface area contributed by atoms with E-state index in [1.54, 1.807) is 0 Å². The van der Waals surface area contributed by atoms with Gasteiger partial charge in [0.1, 0.15) is 0 Å². The maximum Gasteiger partial charge on any atom is 0.261 e. The van der Waals surface area contributed by atoms with Gasteiger partial charge in [-0.05, 0) is 41.9 Å². The lowest BCUT2D eigenvalue weighted by molar-refractivity contribution is 0.449. The number of hydrogen-bond donors (Lipinski definition) is 0. The van der Waals surface area contributed by atoms with E-state index in [1.807, 2.05) is 12.1 Å². The molecule has 0 aromatic heterocycles. The Labute approximate surface area is 166 Å². The lowest BCUT2D eigenvalue weighted by Gasteiger charge is -2.26. The molecule has 1 aromatic carbocycles. The van der Waals surface area contributed by atoms with Crippen molar-refractivity contribution in [2.45, 2.75) is 109 Å². The number of unbranched alkanes of at least 4 members (excludes halogenated alkanes) is 7. The van der Waals surface area contributed by atoms with Gasteiger partial charge in [-0.3, -0.25) is 0 Å². The van der Waals surface area contributed by atoms with E-state index >= 15 is 0 Å². The summed E-state index contributed by atoms with van der Waals surface area (Å²) in [5.74, 6) is 0. The Morgan fingerprint density at radius 1 is 0.885 bits per heavy atom. The Hall–Kier alpha value is -0.540. The van der Waals surface area contributed by atoms with Gasteiger partial charge < -0.3 is 0 Å². The van der Waals surface area contributed by atoms with Crippen LogP contribution in [0.15, 0.2) is 23.1 Å². The van der Waals surface area contributed by atoms with Crippen LogP contribution in [0, 0.1) is 0 Å². The van der Waals surface area contributed by atoms with Gasteiger partial charge >= 0.3 is 0 Å². The van der Waals surface area contributed by atoms with Crippen LogP contribution in [0.2, 0.25) is 0 Å². The zero-order chi connectivity index (χ0) is 19.6. The largest absolute Gasteiger partial charge is 0.261 e. The minimum atomic E-state index is -3.72. The third kappa shape index (κ3) is 8.00. The van der Waals surface area contributed by atoms with Crippen molar-refractivity contribution in [2.75, 3.05) is 0 Å². The molecule has 0 amide bonds. The van der Waals surface area contributed by atoms with Crippen molar-refractivity contribution >= 4 is 19.7 Å². The van der Waals surface area contributed by atoms with E-state index in [1.165, 1.54) is 38.5 Å². The zero-order valence-electron chi connectivity index (χ0n) is 17.1. The van der Waals surface area contributed by atoms with Crippen molar-refractivity contribution in [3.05, 3.63) is 29.3 Å². The molecule has 0 aliphatic heterocycles. The summed E-state index contributed by atoms with van der Waals surface area (Å²) in [6, 6.07) is 5.91. The van der Waals surface area contributed by atoms with Crippen LogP contribution < -0.4 is 0 Å². The SMILES string of the molecule is CCCCCCCCc1ccc(C(C)(C)CCCCC)cc1S(=O)(=O)Cl. The van der Waals surface area contributed by atoms with Crippen LogP contribution in [0.1, 0.15) is 103 Å². The molecule has 0 saturated carbocycles. The lowest BCUT2D eigenvalue weighted by Crippen LogP contribution is -2.18. The Morgan fingerprint density at radius 3 is 2.08 bits per heavy atom. The average Bonchev–Trinajstić information content (AvgIpc) is 2.57. The predicted octanol–water partition coefficient (Wildman–Crippen LogP) is 7.38. The second-order valence-corrected chi connectivity index (χ2v) is 10.7. The van der Waals surface area contributed by atoms with Gasteiger partial charge in [-0.1, -0.05) is 91.2 Å². The first kappa shape index (κ1) is 23.5. The summed E-state index contributed by atoms with van der Waals surface area (Å²) in [5.41, 5.74) is 1.90. The molecule has 4 heteroatoms. The lowest BCUT2D eigenvalue weighted by atomic mass is 9.79. The number of hydrogen-bond acceptors (Lipinski definition) is 2. The van der Waals surface area contributed by atoms with E-state index in [4.69, 9.17) is 10.7 Å². The van der Waals surface area contributed by atoms with Gasteiger partial charge in [0.15, 0.2) is 0 Å². The predicted molar refractivity (Wildman–Crippen MR) is 114 cm³/mol. The summed E-state index contributed by atoms with van der Waals surface area (Å²) in [4.78, 5) is 0.314. The molecule has 0 N–H and O–H groups in total. The van der Waals surface area contributed by atoms with Crippen molar-refractivity contribution in [1.29, 1.82) is 0 Å². The number of halogens is 1. The van der Waals surface area contributed by atoms with Gasteiger partial charge in [0.2, 0.25) is 0 Å². The molecular weight excluding hydrogens is 364 g/mol. The Morgan fingerprint density at radius 2 is 1.46 bits per heavy atom. The molecule has 0 radical (unpaired) electrons. The summed E-state index contributed by atoms with van der Waals surface area (Å²) in [5, 5.41) is 0. The molecule has 150 valence electrons. The molecule has 0 heterocycles. The highest BCUT2D eigenvalue weighted by Gasteiger charge is 2.24. The van der Waals surface area contributed by atoms with E-state index < -0.39 is 9.05 Å². The molecular formula is C22H37ClO2S. The van der Waals surface area contributed by atoms with Crippen molar-refractivity contribution in [1.82, 2.24) is 0 Å². The van der Waals surface area contributed by atoms with E-state index in [0.717, 1.165) is 43.2 Å². The summed E-state index contributed by atoms with van der Waals surface area (Å²) in [6.07, 6.45) is 12.6. The molecule has 1 aromatic rings. The van der Waals surface area contributed by atoms with E-state index in [0.29, 0.717) is 4.90 Å². The van der Waals surface area contributed by atoms with Crippen molar-refractivity contribution in [3.63, 3.8) is 0 Å². The van der Waals surface area contributed by atoms with Gasteiger partial charge in [0.25, 0.3) is 9.05 Å². The topological polar surface area (TPSA) is 34.1 Å². The smallest absolute Gasteiger partial charge is 0.207 e. The fourth-order valence-corrected chi connectivity index (χ4v) is 4.65. The van der Waals surface area contributed by atoms with Crippen molar-refractivity contribution in [3.8, 4) is 0 Å². The third-order valence-electron chi connectivity index (χ3n) is 5.32. The highest BCUT2D eigenvalue weighted by atomic mass is 35.7. The molecule has 0 atom stereocenters. The van der Waals surface area contributed by atoms with Crippen LogP contribution in [-0.4, -0.2) is 8.42 Å². The summed E-state index contributed by atoms with van der Waals surface area (Å²) >= 11 is 0. The number of aryl methyl sites for hydroxylation is 1. The Kier molecular flexibility index (Phi) is 10.2. The molecule has 1 rings (SSSR count). The van der Waals surface area contributed by atoms with Gasteiger partial charge in [0, 0.05) is 10.7 Å². The second kappa shape index (κ2) is 11.3. The fraction of sp³-hybridized carbons (Fsp3) is 0.727. The Balaban J connectivity index is 2.87. The molecule has 0 aliphatic carbocycles. The van der Waals surface area contributed by atoms with Gasteiger partial charge in [-0.2, -0.15) is 0 Å². The minimum Gasteiger partial charge on any atom is -0.207 e. The van der Waals surface area contributed by atoms with Crippen molar-refractivity contribution < 1.29 is 8.42 Å². The third-order valence-corrected chi connectivity index (χ3v) is 6.72. The average molecular weight is 401 g/mol. The summed E-state index contributed by atoms with van der Waals surface area (Å²) in [6.45, 7) is 8.79. The van der Waals surface area contributed by atoms with Crippen LogP contribution in [0.5, 0.6) is 0 Å². The molecule has 26 heavy (non-hydrogen) atoms. The molecule has 0 spiro atoms. The molecule has 0 saturated heterocycles. The first-order chi connectivity index (χ1) is 12.2. The molecule has 2 nitrogen and oxygen atoms in total. The standard InChI is InChI=1S/C22H37ClO2S/c1-5-7-9-10-11-12-14-19-15-16-20(18-21(19)26(23,24)25)22(3,4)17-13-8-6-2/h15-16,18H,5-14,17H2,1-4H3. The van der Waals surface area contributed by atoms with Gasteiger partial charge in [0.05, 0.1) is 4.90 Å². The van der Waals surface area contributed by atoms with Crippen LogP contribution in [0.3, 0.4) is 0 Å². The monoisotopic (exact) mass is 400 g/mol. The molecule has 0 fully saturated rings. The number of rotatable bonds is 13. The Bertz CT molecular complexity index is 636. The summed E-state index contributed by atoms with van der Waals surface area (Å²) < 4.78 is 24.3. The molecule has 0 unspecified atom stereocenters. The maximum atomic E-state index is 12.1. The summed E-state index contributed by atoms with van der Waals surface area (Å²) in [7, 11) is 2.05.